The predicted molar refractivity (Wildman–Crippen MR) is 98.0 cm³/mol. The van der Waals surface area contributed by atoms with E-state index in [1.807, 2.05) is 42.5 Å². The molecule has 0 unspecified atom stereocenters. The Morgan fingerprint density at radius 3 is 2.72 bits per heavy atom. The predicted octanol–water partition coefficient (Wildman–Crippen LogP) is 2.40. The summed E-state index contributed by atoms with van der Waals surface area (Å²) in [5, 5.41) is 12.9. The quantitative estimate of drug-likeness (QED) is 0.691. The Hall–Kier alpha value is -2.86. The van der Waals surface area contributed by atoms with Crippen LogP contribution in [-0.4, -0.2) is 28.4 Å². The zero-order valence-electron chi connectivity index (χ0n) is 14.1. The first-order valence-corrected chi connectivity index (χ1v) is 8.21. The zero-order valence-corrected chi connectivity index (χ0v) is 14.1. The van der Waals surface area contributed by atoms with Gasteiger partial charge >= 0.3 is 0 Å². The van der Waals surface area contributed by atoms with E-state index in [0.29, 0.717) is 36.4 Å². The van der Waals surface area contributed by atoms with Crippen molar-refractivity contribution in [3.63, 3.8) is 0 Å². The lowest BCUT2D eigenvalue weighted by Crippen LogP contribution is -2.25. The van der Waals surface area contributed by atoms with Crippen LogP contribution in [0.25, 0.3) is 10.9 Å². The second-order valence-corrected chi connectivity index (χ2v) is 5.65. The molecule has 25 heavy (non-hydrogen) atoms. The van der Waals surface area contributed by atoms with Crippen molar-refractivity contribution in [3.8, 4) is 5.75 Å². The molecule has 2 aromatic carbocycles. The zero-order chi connectivity index (χ0) is 17.6. The van der Waals surface area contributed by atoms with Crippen molar-refractivity contribution in [3.05, 3.63) is 64.4 Å². The summed E-state index contributed by atoms with van der Waals surface area (Å²) in [7, 11) is 1.63. The third-order valence-electron chi connectivity index (χ3n) is 4.03. The van der Waals surface area contributed by atoms with E-state index in [4.69, 9.17) is 9.84 Å². The molecule has 6 nitrogen and oxygen atoms in total. The fourth-order valence-corrected chi connectivity index (χ4v) is 2.76. The molecule has 2 N–H and O–H groups in total. The number of nitrogens with one attached hydrogen (secondary N) is 1. The van der Waals surface area contributed by atoms with Gasteiger partial charge in [0, 0.05) is 25.3 Å². The molecule has 1 heterocycles. The molecule has 0 spiro atoms. The molecule has 3 rings (SSSR count). The molecule has 0 aliphatic rings. The number of hydrogen-bond donors (Lipinski definition) is 2. The summed E-state index contributed by atoms with van der Waals surface area (Å²) in [5.41, 5.74) is 1.51. The highest BCUT2D eigenvalue weighted by Gasteiger charge is 2.11. The van der Waals surface area contributed by atoms with Crippen molar-refractivity contribution >= 4 is 16.9 Å². The Bertz CT molecular complexity index is 921. The van der Waals surface area contributed by atoms with E-state index >= 15 is 0 Å². The number of aromatic nitrogens is 2. The third-order valence-corrected chi connectivity index (χ3v) is 4.03. The summed E-state index contributed by atoms with van der Waals surface area (Å²) in [6, 6.07) is 15.0. The molecule has 0 amide bonds. The monoisotopic (exact) mass is 339 g/mol. The number of nitrogens with zero attached hydrogens (tertiary/aromatic N) is 2. The largest absolute Gasteiger partial charge is 0.496 e. The van der Waals surface area contributed by atoms with Gasteiger partial charge in [-0.3, -0.25) is 9.36 Å². The van der Waals surface area contributed by atoms with Gasteiger partial charge in [-0.15, -0.1) is 0 Å². The molecule has 130 valence electrons. The topological polar surface area (TPSA) is 76.4 Å². The van der Waals surface area contributed by atoms with Crippen molar-refractivity contribution in [2.45, 2.75) is 19.5 Å². The molecular weight excluding hydrogens is 318 g/mol. The van der Waals surface area contributed by atoms with Crippen LogP contribution in [0.5, 0.6) is 5.75 Å². The SMILES string of the molecule is COc1ccccc1CNc1nc2ccccc2c(=O)n1CCCO. The number of benzene rings is 2. The van der Waals surface area contributed by atoms with Crippen molar-refractivity contribution in [2.24, 2.45) is 0 Å². The molecule has 0 aliphatic heterocycles. The van der Waals surface area contributed by atoms with E-state index < -0.39 is 0 Å². The lowest BCUT2D eigenvalue weighted by atomic mass is 10.2. The highest BCUT2D eigenvalue weighted by Crippen LogP contribution is 2.19. The number of fused-ring (bicyclic) bond motifs is 1. The number of ether oxygens (including phenoxy) is 1. The third kappa shape index (κ3) is 3.64. The first-order chi connectivity index (χ1) is 12.2. The van der Waals surface area contributed by atoms with E-state index in [1.165, 1.54) is 0 Å². The number of methoxy groups -OCH3 is 1. The molecule has 3 aromatic rings. The maximum atomic E-state index is 12.8. The Labute approximate surface area is 145 Å². The molecule has 0 fully saturated rings. The number of para-hydroxylation sites is 2. The molecule has 0 aliphatic carbocycles. The van der Waals surface area contributed by atoms with Gasteiger partial charge in [0.25, 0.3) is 5.56 Å². The number of anilines is 1. The van der Waals surface area contributed by atoms with Gasteiger partial charge in [-0.2, -0.15) is 0 Å². The van der Waals surface area contributed by atoms with Crippen LogP contribution >= 0.6 is 0 Å². The number of rotatable bonds is 7. The minimum Gasteiger partial charge on any atom is -0.496 e. The molecule has 1 aromatic heterocycles. The standard InChI is InChI=1S/C19H21N3O3/c1-25-17-10-5-2-7-14(17)13-20-19-21-16-9-4-3-8-15(16)18(24)22(19)11-6-12-23/h2-5,7-10,23H,6,11-13H2,1H3,(H,20,21). The van der Waals surface area contributed by atoms with E-state index in [-0.39, 0.29) is 12.2 Å². The molecule has 0 saturated carbocycles. The lowest BCUT2D eigenvalue weighted by molar-refractivity contribution is 0.279. The van der Waals surface area contributed by atoms with Gasteiger partial charge < -0.3 is 15.2 Å². The van der Waals surface area contributed by atoms with Crippen LogP contribution < -0.4 is 15.6 Å². The van der Waals surface area contributed by atoms with Crippen LogP contribution in [0.1, 0.15) is 12.0 Å². The molecule has 6 heteroatoms. The minimum absolute atomic E-state index is 0.0191. The summed E-state index contributed by atoms with van der Waals surface area (Å²) in [4.78, 5) is 17.4. The summed E-state index contributed by atoms with van der Waals surface area (Å²) in [6.45, 7) is 0.903. The van der Waals surface area contributed by atoms with E-state index in [9.17, 15) is 4.79 Å². The van der Waals surface area contributed by atoms with Crippen molar-refractivity contribution in [2.75, 3.05) is 19.0 Å². The van der Waals surface area contributed by atoms with Gasteiger partial charge in [0.05, 0.1) is 18.0 Å². The molecular formula is C19H21N3O3. The van der Waals surface area contributed by atoms with E-state index in [2.05, 4.69) is 10.3 Å². The first kappa shape index (κ1) is 17.0. The van der Waals surface area contributed by atoms with Gasteiger partial charge in [0.1, 0.15) is 5.75 Å². The summed E-state index contributed by atoms with van der Waals surface area (Å²) >= 11 is 0. The van der Waals surface area contributed by atoms with Gasteiger partial charge in [0.2, 0.25) is 5.95 Å². The maximum absolute atomic E-state index is 12.8. The summed E-state index contributed by atoms with van der Waals surface area (Å²) in [6.07, 6.45) is 0.489. The average Bonchev–Trinajstić information content (AvgIpc) is 2.66. The second kappa shape index (κ2) is 7.81. The Morgan fingerprint density at radius 1 is 1.16 bits per heavy atom. The van der Waals surface area contributed by atoms with Crippen LogP contribution in [0, 0.1) is 0 Å². The van der Waals surface area contributed by atoms with E-state index in [1.54, 1.807) is 17.7 Å². The lowest BCUT2D eigenvalue weighted by Gasteiger charge is -2.15. The Kier molecular flexibility index (Phi) is 5.30. The van der Waals surface area contributed by atoms with Crippen molar-refractivity contribution < 1.29 is 9.84 Å². The minimum atomic E-state index is -0.110. The van der Waals surface area contributed by atoms with Gasteiger partial charge in [-0.1, -0.05) is 30.3 Å². The van der Waals surface area contributed by atoms with Crippen molar-refractivity contribution in [1.29, 1.82) is 0 Å². The molecule has 0 atom stereocenters. The normalized spacial score (nSPS) is 10.8. The van der Waals surface area contributed by atoms with Crippen LogP contribution in [-0.2, 0) is 13.1 Å². The first-order valence-electron chi connectivity index (χ1n) is 8.21. The maximum Gasteiger partial charge on any atom is 0.262 e. The van der Waals surface area contributed by atoms with E-state index in [0.717, 1.165) is 11.3 Å². The molecule has 0 saturated heterocycles. The summed E-state index contributed by atoms with van der Waals surface area (Å²) < 4.78 is 6.94. The van der Waals surface area contributed by atoms with Crippen LogP contribution in [0.15, 0.2) is 53.3 Å². The molecule has 0 bridgehead atoms. The fraction of sp³-hybridized carbons (Fsp3) is 0.263. The average molecular weight is 339 g/mol. The number of aliphatic hydroxyl groups excluding tert-OH is 1. The molecule has 0 radical (unpaired) electrons. The smallest absolute Gasteiger partial charge is 0.262 e. The van der Waals surface area contributed by atoms with Crippen LogP contribution in [0.3, 0.4) is 0 Å². The number of hydrogen-bond acceptors (Lipinski definition) is 5. The fourth-order valence-electron chi connectivity index (χ4n) is 2.76. The Morgan fingerprint density at radius 2 is 1.92 bits per heavy atom. The van der Waals surface area contributed by atoms with Crippen LogP contribution in [0.4, 0.5) is 5.95 Å². The highest BCUT2D eigenvalue weighted by molar-refractivity contribution is 5.78. The number of aliphatic hydroxyl groups is 1. The Balaban J connectivity index is 1.97. The van der Waals surface area contributed by atoms with Gasteiger partial charge in [-0.25, -0.2) is 4.98 Å². The highest BCUT2D eigenvalue weighted by atomic mass is 16.5. The van der Waals surface area contributed by atoms with Gasteiger partial charge in [0.15, 0.2) is 0 Å². The van der Waals surface area contributed by atoms with Crippen molar-refractivity contribution in [1.82, 2.24) is 9.55 Å². The second-order valence-electron chi connectivity index (χ2n) is 5.65. The summed E-state index contributed by atoms with van der Waals surface area (Å²) in [5.74, 6) is 1.27. The van der Waals surface area contributed by atoms with Crippen LogP contribution in [0.2, 0.25) is 0 Å². The van der Waals surface area contributed by atoms with Gasteiger partial charge in [-0.05, 0) is 24.6 Å².